The Morgan fingerprint density at radius 3 is 2.35 bits per heavy atom. The molecule has 2 aromatic rings. The molecule has 2 saturated heterocycles. The average Bonchev–Trinajstić information content (AvgIpc) is 2.85. The van der Waals surface area contributed by atoms with E-state index < -0.39 is 6.36 Å². The molecule has 7 nitrogen and oxygen atoms in total. The Hall–Kier alpha value is -2.47. The Bertz CT molecular complexity index is 875. The summed E-state index contributed by atoms with van der Waals surface area (Å²) in [6.45, 7) is 5.90. The standard InChI is InChI=1S/C22H26F3N3O3S.CH2O/c23-22(24,25)30-18-10-8-17(9-11-18)27-12-14-28(15-13-27)32-20-6-2-1-5-19(20)26-31-21-7-3-4-16-29-21;1-2/h1-2,5-6,8-11,21,26H,3-4,7,12-16H2;1H2. The van der Waals surface area contributed by atoms with E-state index in [0.29, 0.717) is 0 Å². The lowest BCUT2D eigenvalue weighted by atomic mass is 10.2. The van der Waals surface area contributed by atoms with Crippen molar-refractivity contribution >= 4 is 30.1 Å². The Labute approximate surface area is 201 Å². The zero-order chi connectivity index (χ0) is 24.4. The van der Waals surface area contributed by atoms with E-state index in [1.54, 1.807) is 24.1 Å². The normalized spacial score (nSPS) is 19.1. The molecule has 11 heteroatoms. The number of halogens is 3. The predicted molar refractivity (Wildman–Crippen MR) is 125 cm³/mol. The summed E-state index contributed by atoms with van der Waals surface area (Å²) in [4.78, 5) is 16.9. The van der Waals surface area contributed by atoms with Crippen molar-refractivity contribution in [1.82, 2.24) is 4.31 Å². The lowest BCUT2D eigenvalue weighted by molar-refractivity contribution is -0.274. The first-order valence-corrected chi connectivity index (χ1v) is 11.7. The van der Waals surface area contributed by atoms with Crippen LogP contribution in [0.4, 0.5) is 24.5 Å². The maximum Gasteiger partial charge on any atom is 0.573 e. The minimum atomic E-state index is -4.68. The van der Waals surface area contributed by atoms with Crippen LogP contribution in [-0.4, -0.2) is 56.5 Å². The van der Waals surface area contributed by atoms with Crippen LogP contribution in [-0.2, 0) is 14.4 Å². The molecular formula is C23H28F3N3O4S. The SMILES string of the molecule is C=O.FC(F)(F)Oc1ccc(N2CCN(Sc3ccccc3NOC3CCCCO3)CC2)cc1. The highest BCUT2D eigenvalue weighted by atomic mass is 32.2. The first-order valence-electron chi connectivity index (χ1n) is 10.9. The minimum absolute atomic E-state index is 0.208. The summed E-state index contributed by atoms with van der Waals surface area (Å²) in [5, 5.41) is 0. The van der Waals surface area contributed by atoms with Crippen molar-refractivity contribution in [3.8, 4) is 5.75 Å². The van der Waals surface area contributed by atoms with Gasteiger partial charge in [-0.15, -0.1) is 13.2 Å². The van der Waals surface area contributed by atoms with Gasteiger partial charge in [-0.2, -0.15) is 0 Å². The minimum Gasteiger partial charge on any atom is -0.406 e. The van der Waals surface area contributed by atoms with Gasteiger partial charge in [0.05, 0.1) is 5.69 Å². The lowest BCUT2D eigenvalue weighted by Gasteiger charge is -2.35. The molecule has 2 aromatic carbocycles. The third-order valence-electron chi connectivity index (χ3n) is 5.23. The highest BCUT2D eigenvalue weighted by Gasteiger charge is 2.31. The smallest absolute Gasteiger partial charge is 0.406 e. The summed E-state index contributed by atoms with van der Waals surface area (Å²) in [5.74, 6) is -0.208. The van der Waals surface area contributed by atoms with Gasteiger partial charge in [0.1, 0.15) is 12.5 Å². The Balaban J connectivity index is 0.00000158. The van der Waals surface area contributed by atoms with E-state index in [2.05, 4.69) is 19.4 Å². The van der Waals surface area contributed by atoms with Gasteiger partial charge in [-0.1, -0.05) is 12.1 Å². The van der Waals surface area contributed by atoms with E-state index in [0.717, 1.165) is 68.3 Å². The fraction of sp³-hybridized carbons (Fsp3) is 0.435. The summed E-state index contributed by atoms with van der Waals surface area (Å²) in [7, 11) is 0. The molecule has 2 heterocycles. The summed E-state index contributed by atoms with van der Waals surface area (Å²) in [5.41, 5.74) is 4.83. The van der Waals surface area contributed by atoms with E-state index in [1.807, 2.05) is 31.1 Å². The predicted octanol–water partition coefficient (Wildman–Crippen LogP) is 5.10. The van der Waals surface area contributed by atoms with E-state index in [-0.39, 0.29) is 12.0 Å². The van der Waals surface area contributed by atoms with Gasteiger partial charge in [-0.05, 0) is 61.2 Å². The quantitative estimate of drug-likeness (QED) is 0.417. The van der Waals surface area contributed by atoms with Gasteiger partial charge in [0.2, 0.25) is 0 Å². The van der Waals surface area contributed by atoms with Crippen molar-refractivity contribution in [2.45, 2.75) is 36.8 Å². The van der Waals surface area contributed by atoms with Crippen LogP contribution in [0.1, 0.15) is 19.3 Å². The molecule has 2 aliphatic rings. The third-order valence-corrected chi connectivity index (χ3v) is 6.40. The zero-order valence-corrected chi connectivity index (χ0v) is 19.4. The fourth-order valence-electron chi connectivity index (χ4n) is 3.60. The molecule has 0 radical (unpaired) electrons. The van der Waals surface area contributed by atoms with Gasteiger partial charge in [-0.3, -0.25) is 5.48 Å². The van der Waals surface area contributed by atoms with Gasteiger partial charge < -0.3 is 19.2 Å². The van der Waals surface area contributed by atoms with Crippen LogP contribution in [0.2, 0.25) is 0 Å². The molecule has 2 fully saturated rings. The summed E-state index contributed by atoms with van der Waals surface area (Å²) in [6.07, 6.45) is -1.84. The topological polar surface area (TPSA) is 63.3 Å². The van der Waals surface area contributed by atoms with Crippen LogP contribution >= 0.6 is 11.9 Å². The number of anilines is 2. The number of hydrogen-bond acceptors (Lipinski definition) is 8. The summed E-state index contributed by atoms with van der Waals surface area (Å²) in [6, 6.07) is 14.0. The molecule has 186 valence electrons. The molecule has 0 aliphatic carbocycles. The Morgan fingerprint density at radius 1 is 1.00 bits per heavy atom. The van der Waals surface area contributed by atoms with Gasteiger partial charge in [0.25, 0.3) is 0 Å². The Kier molecular flexibility index (Phi) is 9.87. The number of carbonyl (C=O) groups is 1. The van der Waals surface area contributed by atoms with Crippen LogP contribution in [0.15, 0.2) is 53.4 Å². The molecule has 1 unspecified atom stereocenters. The largest absolute Gasteiger partial charge is 0.573 e. The lowest BCUT2D eigenvalue weighted by Crippen LogP contribution is -2.43. The van der Waals surface area contributed by atoms with Crippen molar-refractivity contribution in [3.05, 3.63) is 48.5 Å². The van der Waals surface area contributed by atoms with Gasteiger partial charge in [-0.25, -0.2) is 9.14 Å². The van der Waals surface area contributed by atoms with Crippen LogP contribution in [0, 0.1) is 0 Å². The number of para-hydroxylation sites is 1. The van der Waals surface area contributed by atoms with Gasteiger partial charge >= 0.3 is 6.36 Å². The van der Waals surface area contributed by atoms with Crippen molar-refractivity contribution in [2.24, 2.45) is 0 Å². The molecular weight excluding hydrogens is 471 g/mol. The van der Waals surface area contributed by atoms with Crippen LogP contribution in [0.3, 0.4) is 0 Å². The number of alkyl halides is 3. The number of nitrogens with zero attached hydrogens (tertiary/aromatic N) is 2. The number of benzene rings is 2. The van der Waals surface area contributed by atoms with Gasteiger partial charge in [0.15, 0.2) is 6.29 Å². The average molecular weight is 500 g/mol. The molecule has 0 aromatic heterocycles. The van der Waals surface area contributed by atoms with Crippen molar-refractivity contribution < 1.29 is 32.3 Å². The molecule has 0 spiro atoms. The van der Waals surface area contributed by atoms with Crippen LogP contribution in [0.25, 0.3) is 0 Å². The highest BCUT2D eigenvalue weighted by molar-refractivity contribution is 7.97. The number of ether oxygens (including phenoxy) is 2. The maximum absolute atomic E-state index is 12.3. The molecule has 0 saturated carbocycles. The van der Waals surface area contributed by atoms with Crippen LogP contribution in [0.5, 0.6) is 5.75 Å². The molecule has 34 heavy (non-hydrogen) atoms. The molecule has 0 bridgehead atoms. The molecule has 4 rings (SSSR count). The van der Waals surface area contributed by atoms with Crippen molar-refractivity contribution in [2.75, 3.05) is 43.2 Å². The Morgan fingerprint density at radius 2 is 1.71 bits per heavy atom. The number of carbonyl (C=O) groups excluding carboxylic acids is 1. The van der Waals surface area contributed by atoms with Crippen molar-refractivity contribution in [3.63, 3.8) is 0 Å². The van der Waals surface area contributed by atoms with Crippen LogP contribution < -0.4 is 15.1 Å². The first-order chi connectivity index (χ1) is 16.5. The van der Waals surface area contributed by atoms with E-state index in [1.165, 1.54) is 12.1 Å². The summed E-state index contributed by atoms with van der Waals surface area (Å²) >= 11 is 1.66. The van der Waals surface area contributed by atoms with Crippen molar-refractivity contribution in [1.29, 1.82) is 0 Å². The van der Waals surface area contributed by atoms with Gasteiger partial charge in [0, 0.05) is 49.8 Å². The summed E-state index contributed by atoms with van der Waals surface area (Å²) < 4.78 is 48.8. The second-order valence-corrected chi connectivity index (χ2v) is 8.70. The number of hydrogen-bond donors (Lipinski definition) is 1. The van der Waals surface area contributed by atoms with E-state index in [4.69, 9.17) is 14.4 Å². The molecule has 2 aliphatic heterocycles. The maximum atomic E-state index is 12.3. The monoisotopic (exact) mass is 499 g/mol. The number of rotatable bonds is 7. The zero-order valence-electron chi connectivity index (χ0n) is 18.6. The number of piperazine rings is 1. The molecule has 0 amide bonds. The van der Waals surface area contributed by atoms with E-state index >= 15 is 0 Å². The number of nitrogens with one attached hydrogen (secondary N) is 1. The van der Waals surface area contributed by atoms with E-state index in [9.17, 15) is 13.2 Å². The molecule has 1 N–H and O–H groups in total. The second kappa shape index (κ2) is 12.8. The second-order valence-electron chi connectivity index (χ2n) is 7.56. The highest BCUT2D eigenvalue weighted by Crippen LogP contribution is 2.32. The first kappa shape index (κ1) is 26.1. The fourth-order valence-corrected chi connectivity index (χ4v) is 4.57. The third kappa shape index (κ3) is 8.08. The molecule has 1 atom stereocenters.